The van der Waals surface area contributed by atoms with Crippen LogP contribution in [-0.2, 0) is 19.1 Å². The molecule has 5 rings (SSSR count). The van der Waals surface area contributed by atoms with Crippen LogP contribution in [0.15, 0.2) is 6.33 Å². The lowest BCUT2D eigenvalue weighted by Crippen LogP contribution is -2.42. The van der Waals surface area contributed by atoms with Gasteiger partial charge in [0, 0.05) is 45.9 Å². The van der Waals surface area contributed by atoms with Gasteiger partial charge in [0.05, 0.1) is 6.33 Å². The van der Waals surface area contributed by atoms with E-state index in [1.54, 1.807) is 18.9 Å². The monoisotopic (exact) mass is 570 g/mol. The van der Waals surface area contributed by atoms with Crippen LogP contribution < -0.4 is 11.1 Å². The molecule has 0 aromatic carbocycles. The van der Waals surface area contributed by atoms with Crippen LogP contribution in [0.25, 0.3) is 11.2 Å². The number of carbonyl (C=O) groups is 3. The van der Waals surface area contributed by atoms with Crippen molar-refractivity contribution in [3.8, 4) is 11.8 Å². The highest BCUT2D eigenvalue weighted by Crippen LogP contribution is 2.32. The Morgan fingerprint density at radius 2 is 1.98 bits per heavy atom. The Morgan fingerprint density at radius 3 is 2.66 bits per heavy atom. The van der Waals surface area contributed by atoms with Crippen LogP contribution in [0.1, 0.15) is 51.1 Å². The molecule has 41 heavy (non-hydrogen) atoms. The van der Waals surface area contributed by atoms with Crippen molar-refractivity contribution in [2.24, 2.45) is 5.92 Å². The van der Waals surface area contributed by atoms with Crippen molar-refractivity contribution in [1.82, 2.24) is 34.6 Å². The molecule has 5 heterocycles. The number of imidazole rings is 1. The molecular formula is C26H34N8O7. The lowest BCUT2D eigenvalue weighted by Gasteiger charge is -2.32. The number of piperidine rings is 1. The fourth-order valence-corrected chi connectivity index (χ4v) is 5.26. The van der Waals surface area contributed by atoms with Crippen molar-refractivity contribution in [1.29, 1.82) is 0 Å². The van der Waals surface area contributed by atoms with Crippen molar-refractivity contribution < 1.29 is 34.1 Å². The van der Waals surface area contributed by atoms with E-state index in [0.717, 1.165) is 12.8 Å². The van der Waals surface area contributed by atoms with Gasteiger partial charge in [-0.2, -0.15) is 0 Å². The van der Waals surface area contributed by atoms with E-state index in [9.17, 15) is 24.6 Å². The number of carbonyl (C=O) groups excluding carboxylic acids is 3. The van der Waals surface area contributed by atoms with Crippen LogP contribution in [0, 0.1) is 17.8 Å². The molecule has 3 fully saturated rings. The zero-order valence-electron chi connectivity index (χ0n) is 22.9. The number of anilines is 1. The summed E-state index contributed by atoms with van der Waals surface area (Å²) in [6.07, 6.45) is -1.81. The molecule has 3 saturated heterocycles. The quantitative estimate of drug-likeness (QED) is 0.333. The van der Waals surface area contributed by atoms with E-state index in [0.29, 0.717) is 38.9 Å². The lowest BCUT2D eigenvalue weighted by molar-refractivity contribution is -0.137. The average Bonchev–Trinajstić information content (AvgIpc) is 3.61. The Kier molecular flexibility index (Phi) is 8.25. The number of nitrogens with one attached hydrogen (secondary N) is 1. The zero-order chi connectivity index (χ0) is 29.3. The summed E-state index contributed by atoms with van der Waals surface area (Å²) >= 11 is 0. The Morgan fingerprint density at radius 1 is 1.22 bits per heavy atom. The second kappa shape index (κ2) is 11.9. The average molecular weight is 571 g/mol. The maximum Gasteiger partial charge on any atom is 0.411 e. The largest absolute Gasteiger partial charge is 0.425 e. The molecule has 15 nitrogen and oxygen atoms in total. The molecule has 0 spiro atoms. The molecule has 0 radical (unpaired) electrons. The third kappa shape index (κ3) is 5.76. The van der Waals surface area contributed by atoms with Crippen LogP contribution in [0.3, 0.4) is 0 Å². The maximum absolute atomic E-state index is 12.5. The molecule has 5 unspecified atom stereocenters. The number of nitrogens with two attached hydrogens (primary N) is 1. The summed E-state index contributed by atoms with van der Waals surface area (Å²) in [6, 6.07) is 0. The SMILES string of the molecule is CCNC(=O)C1OC(n2cnc3c(N)nc(C#CCC4CCN(C(=O)OC5CCC(=O)N5C)CC4)nc32)C(O)C1O. The van der Waals surface area contributed by atoms with E-state index < -0.39 is 42.8 Å². The van der Waals surface area contributed by atoms with Crippen molar-refractivity contribution in [2.45, 2.75) is 69.8 Å². The van der Waals surface area contributed by atoms with Gasteiger partial charge in [-0.3, -0.25) is 14.2 Å². The van der Waals surface area contributed by atoms with Crippen LogP contribution in [0.4, 0.5) is 10.6 Å². The number of ether oxygens (including phenoxy) is 2. The van der Waals surface area contributed by atoms with E-state index in [4.69, 9.17) is 15.2 Å². The number of nitrogen functional groups attached to an aromatic ring is 1. The van der Waals surface area contributed by atoms with Crippen molar-refractivity contribution in [3.05, 3.63) is 12.2 Å². The highest BCUT2D eigenvalue weighted by Gasteiger charge is 2.47. The number of amides is 3. The molecule has 220 valence electrons. The number of aromatic nitrogens is 4. The number of nitrogens with zero attached hydrogens (tertiary/aromatic N) is 6. The standard InChI is InChI=1S/C26H34N8O7/c1-3-28-24(38)21-19(36)20(37)25(41-21)34-13-29-18-22(27)30-15(31-23(18)34)6-4-5-14-9-11-33(12-10-14)26(39)40-17-8-7-16(35)32(17)2/h13-14,17,19-21,25,36-37H,3,5,7-12H2,1-2H3,(H,28,38)(H2,27,30,31). The first kappa shape index (κ1) is 28.5. The number of likely N-dealkylation sites (N-methyl/N-ethyl adjacent to an activating group) is 1. The van der Waals surface area contributed by atoms with E-state index in [1.807, 2.05) is 0 Å². The van der Waals surface area contributed by atoms with Crippen molar-refractivity contribution >= 4 is 34.9 Å². The first-order valence-corrected chi connectivity index (χ1v) is 13.7. The minimum absolute atomic E-state index is 0.0252. The Balaban J connectivity index is 1.20. The molecule has 3 aliphatic rings. The zero-order valence-corrected chi connectivity index (χ0v) is 22.9. The van der Waals surface area contributed by atoms with E-state index >= 15 is 0 Å². The number of rotatable bonds is 5. The summed E-state index contributed by atoms with van der Waals surface area (Å²) in [5.74, 6) is 5.98. The van der Waals surface area contributed by atoms with Gasteiger partial charge in [0.15, 0.2) is 30.0 Å². The molecule has 15 heteroatoms. The Hall–Kier alpha value is -4.00. The number of hydrogen-bond donors (Lipinski definition) is 4. The summed E-state index contributed by atoms with van der Waals surface area (Å²) in [6.45, 7) is 3.16. The predicted octanol–water partition coefficient (Wildman–Crippen LogP) is -0.668. The minimum atomic E-state index is -1.44. The first-order valence-electron chi connectivity index (χ1n) is 13.7. The Labute approximate surface area is 236 Å². The third-order valence-corrected chi connectivity index (χ3v) is 7.70. The van der Waals surface area contributed by atoms with Gasteiger partial charge in [0.2, 0.25) is 11.7 Å². The van der Waals surface area contributed by atoms with Gasteiger partial charge >= 0.3 is 6.09 Å². The summed E-state index contributed by atoms with van der Waals surface area (Å²) in [5, 5.41) is 23.5. The van der Waals surface area contributed by atoms with Gasteiger partial charge in [-0.05, 0) is 31.6 Å². The number of aliphatic hydroxyl groups excluding tert-OH is 2. The highest BCUT2D eigenvalue weighted by molar-refractivity contribution is 5.83. The molecule has 0 aliphatic carbocycles. The summed E-state index contributed by atoms with van der Waals surface area (Å²) in [7, 11) is 1.64. The van der Waals surface area contributed by atoms with E-state index in [-0.39, 0.29) is 34.6 Å². The van der Waals surface area contributed by atoms with Gasteiger partial charge in [-0.1, -0.05) is 5.92 Å². The molecular weight excluding hydrogens is 536 g/mol. The number of hydrogen-bond acceptors (Lipinski definition) is 11. The molecule has 2 aromatic heterocycles. The molecule has 0 saturated carbocycles. The highest BCUT2D eigenvalue weighted by atomic mass is 16.6. The molecule has 5 atom stereocenters. The topological polar surface area (TPSA) is 198 Å². The van der Waals surface area contributed by atoms with Crippen molar-refractivity contribution in [3.63, 3.8) is 0 Å². The Bertz CT molecular complexity index is 1380. The lowest BCUT2D eigenvalue weighted by atomic mass is 9.94. The van der Waals surface area contributed by atoms with Gasteiger partial charge < -0.3 is 40.5 Å². The molecule has 5 N–H and O–H groups in total. The predicted molar refractivity (Wildman–Crippen MR) is 142 cm³/mol. The minimum Gasteiger partial charge on any atom is -0.425 e. The van der Waals surface area contributed by atoms with Gasteiger partial charge in [-0.15, -0.1) is 0 Å². The van der Waals surface area contributed by atoms with Crippen LogP contribution in [-0.4, -0.2) is 109 Å². The van der Waals surface area contributed by atoms with Gasteiger partial charge in [0.25, 0.3) is 5.91 Å². The van der Waals surface area contributed by atoms with E-state index in [2.05, 4.69) is 32.1 Å². The molecule has 0 bridgehead atoms. The van der Waals surface area contributed by atoms with Gasteiger partial charge in [-0.25, -0.2) is 19.7 Å². The summed E-state index contributed by atoms with van der Waals surface area (Å²) in [5.41, 5.74) is 6.62. The molecule has 2 aromatic rings. The smallest absolute Gasteiger partial charge is 0.411 e. The van der Waals surface area contributed by atoms with Crippen LogP contribution in [0.2, 0.25) is 0 Å². The van der Waals surface area contributed by atoms with E-state index in [1.165, 1.54) is 15.8 Å². The van der Waals surface area contributed by atoms with Gasteiger partial charge in [0.1, 0.15) is 17.7 Å². The number of fused-ring (bicyclic) bond motifs is 1. The normalized spacial score (nSPS) is 26.7. The number of likely N-dealkylation sites (tertiary alicyclic amines) is 2. The fraction of sp³-hybridized carbons (Fsp3) is 0.615. The van der Waals surface area contributed by atoms with Crippen LogP contribution in [0.5, 0.6) is 0 Å². The fourth-order valence-electron chi connectivity index (χ4n) is 5.26. The third-order valence-electron chi connectivity index (χ3n) is 7.70. The summed E-state index contributed by atoms with van der Waals surface area (Å²) < 4.78 is 12.6. The maximum atomic E-state index is 12.5. The molecule has 3 aliphatic heterocycles. The van der Waals surface area contributed by atoms with Crippen LogP contribution >= 0.6 is 0 Å². The second-order valence-electron chi connectivity index (χ2n) is 10.4. The molecule has 3 amide bonds. The summed E-state index contributed by atoms with van der Waals surface area (Å²) in [4.78, 5) is 52.4. The second-order valence-corrected chi connectivity index (χ2v) is 10.4. The van der Waals surface area contributed by atoms with Crippen molar-refractivity contribution in [2.75, 3.05) is 32.4 Å². The first-order chi connectivity index (χ1) is 19.7. The number of aliphatic hydroxyl groups is 2.